The number of benzene rings is 1. The molecular formula is C24H32ClFN8O2S. The number of amides is 1. The fourth-order valence-electron chi connectivity index (χ4n) is 6.17. The van der Waals surface area contributed by atoms with Crippen molar-refractivity contribution in [3.05, 3.63) is 35.5 Å². The number of nitrogens with one attached hydrogen (secondary N) is 2. The van der Waals surface area contributed by atoms with Crippen LogP contribution in [0.3, 0.4) is 0 Å². The Balaban J connectivity index is 1.26. The summed E-state index contributed by atoms with van der Waals surface area (Å²) >= 11 is 4.39. The van der Waals surface area contributed by atoms with Crippen LogP contribution >= 0.6 is 11.6 Å². The van der Waals surface area contributed by atoms with E-state index in [9.17, 15) is 13.7 Å². The van der Waals surface area contributed by atoms with Gasteiger partial charge in [-0.1, -0.05) is 0 Å². The van der Waals surface area contributed by atoms with Crippen LogP contribution in [0, 0.1) is 29.5 Å². The SMILES string of the molecule is CN1CCN(c2cc(N)cc([S+]([O-])NCC3CC4CC3C(Nc3nc(Cl)ncc3F)C4C(N)=O)c2)CC1. The molecule has 0 spiro atoms. The normalized spacial score (nSPS) is 28.4. The molecule has 3 fully saturated rings. The fourth-order valence-corrected chi connectivity index (χ4v) is 7.30. The maximum Gasteiger partial charge on any atom is 0.224 e. The fraction of sp³-hybridized carbons (Fsp3) is 0.542. The predicted molar refractivity (Wildman–Crippen MR) is 142 cm³/mol. The Morgan fingerprint density at radius 1 is 1.27 bits per heavy atom. The van der Waals surface area contributed by atoms with Gasteiger partial charge in [0.05, 0.1) is 23.5 Å². The second-order valence-electron chi connectivity index (χ2n) is 10.3. The molecule has 2 bridgehead atoms. The van der Waals surface area contributed by atoms with Crippen LogP contribution in [0.25, 0.3) is 0 Å². The maximum atomic E-state index is 14.3. The second kappa shape index (κ2) is 10.8. The molecule has 3 aliphatic rings. The number of halogens is 2. The molecule has 1 aliphatic heterocycles. The van der Waals surface area contributed by atoms with E-state index in [1.54, 1.807) is 6.07 Å². The first-order valence-corrected chi connectivity index (χ1v) is 14.0. The zero-order valence-corrected chi connectivity index (χ0v) is 22.1. The number of aromatic nitrogens is 2. The van der Waals surface area contributed by atoms with Crippen LogP contribution in [0.1, 0.15) is 12.8 Å². The molecule has 2 saturated carbocycles. The average Bonchev–Trinajstić information content (AvgIpc) is 3.43. The number of rotatable bonds is 8. The van der Waals surface area contributed by atoms with E-state index in [2.05, 4.69) is 36.9 Å². The minimum absolute atomic E-state index is 0.0295. The lowest BCUT2D eigenvalue weighted by atomic mass is 9.78. The summed E-state index contributed by atoms with van der Waals surface area (Å²) in [6.45, 7) is 4.17. The maximum absolute atomic E-state index is 14.3. The highest BCUT2D eigenvalue weighted by molar-refractivity contribution is 7.89. The smallest absolute Gasteiger partial charge is 0.224 e. The number of anilines is 3. The van der Waals surface area contributed by atoms with Crippen LogP contribution in [-0.2, 0) is 16.2 Å². The molecule has 6 atom stereocenters. The van der Waals surface area contributed by atoms with Gasteiger partial charge < -0.3 is 31.1 Å². The molecule has 1 saturated heterocycles. The Kier molecular flexibility index (Phi) is 7.64. The van der Waals surface area contributed by atoms with Gasteiger partial charge in [0.25, 0.3) is 0 Å². The molecule has 37 heavy (non-hydrogen) atoms. The van der Waals surface area contributed by atoms with Crippen molar-refractivity contribution in [2.24, 2.45) is 29.4 Å². The highest BCUT2D eigenvalue weighted by atomic mass is 35.5. The minimum atomic E-state index is -1.46. The topological polar surface area (TPSA) is 148 Å². The Labute approximate surface area is 223 Å². The highest BCUT2D eigenvalue weighted by Crippen LogP contribution is 2.52. The number of hydrogen-bond acceptors (Lipinski definition) is 9. The van der Waals surface area contributed by atoms with Gasteiger partial charge in [-0.25, -0.2) is 9.37 Å². The standard InChI is InChI=1S/C24H32ClFN8O2S/c1-33-2-4-34(5-3-33)16-8-15(27)9-17(10-16)37(36)30-11-14-6-13-7-18(14)21(20(13)22(28)35)31-23-19(26)12-29-24(25)32-23/h8-10,12-14,18,20-21,30H,2-7,11,27H2,1H3,(H2,28,35)(H,29,31,32). The number of likely N-dealkylation sites (N-methyl/N-ethyl adjacent to an activating group) is 1. The molecule has 0 radical (unpaired) electrons. The number of nitrogens with two attached hydrogens (primary N) is 2. The van der Waals surface area contributed by atoms with Crippen molar-refractivity contribution in [1.82, 2.24) is 19.6 Å². The van der Waals surface area contributed by atoms with Crippen LogP contribution in [0.15, 0.2) is 29.3 Å². The molecular weight excluding hydrogens is 519 g/mol. The van der Waals surface area contributed by atoms with Crippen molar-refractivity contribution < 1.29 is 13.7 Å². The Morgan fingerprint density at radius 3 is 2.76 bits per heavy atom. The Hall–Kier alpha value is -2.38. The van der Waals surface area contributed by atoms with Gasteiger partial charge in [-0.3, -0.25) is 4.79 Å². The van der Waals surface area contributed by atoms with Gasteiger partial charge in [0.1, 0.15) is 0 Å². The van der Waals surface area contributed by atoms with E-state index >= 15 is 0 Å². The van der Waals surface area contributed by atoms with E-state index in [1.165, 1.54) is 0 Å². The molecule has 200 valence electrons. The molecule has 1 aromatic heterocycles. The van der Waals surface area contributed by atoms with Crippen LogP contribution in [0.2, 0.25) is 5.28 Å². The summed E-state index contributed by atoms with van der Waals surface area (Å²) in [4.78, 5) is 25.0. The summed E-state index contributed by atoms with van der Waals surface area (Å²) in [5.74, 6) is -1.34. The average molecular weight is 551 g/mol. The van der Waals surface area contributed by atoms with E-state index < -0.39 is 35.0 Å². The monoisotopic (exact) mass is 550 g/mol. The van der Waals surface area contributed by atoms with E-state index in [0.29, 0.717) is 17.1 Å². The van der Waals surface area contributed by atoms with Crippen LogP contribution in [0.5, 0.6) is 0 Å². The largest absolute Gasteiger partial charge is 0.593 e. The molecule has 10 nitrogen and oxygen atoms in total. The third kappa shape index (κ3) is 5.58. The predicted octanol–water partition coefficient (Wildman–Crippen LogP) is 1.45. The van der Waals surface area contributed by atoms with Crippen molar-refractivity contribution in [2.45, 2.75) is 23.8 Å². The lowest BCUT2D eigenvalue weighted by molar-refractivity contribution is -0.123. The molecule has 2 aliphatic carbocycles. The molecule has 13 heteroatoms. The van der Waals surface area contributed by atoms with Crippen molar-refractivity contribution in [3.8, 4) is 0 Å². The summed E-state index contributed by atoms with van der Waals surface area (Å²) in [5, 5.41) is 2.99. The second-order valence-corrected chi connectivity index (χ2v) is 11.9. The lowest BCUT2D eigenvalue weighted by Gasteiger charge is -2.35. The van der Waals surface area contributed by atoms with Gasteiger partial charge in [0.15, 0.2) is 16.5 Å². The Morgan fingerprint density at radius 2 is 2.03 bits per heavy atom. The van der Waals surface area contributed by atoms with E-state index in [4.69, 9.17) is 23.1 Å². The van der Waals surface area contributed by atoms with Crippen LogP contribution < -0.4 is 26.4 Å². The van der Waals surface area contributed by atoms with Crippen molar-refractivity contribution in [3.63, 3.8) is 0 Å². The summed E-state index contributed by atoms with van der Waals surface area (Å²) in [7, 11) is 2.10. The number of carbonyl (C=O) groups excluding carboxylic acids is 1. The molecule has 2 aromatic rings. The number of nitrogen functional groups attached to an aromatic ring is 1. The van der Waals surface area contributed by atoms with Gasteiger partial charge in [-0.05, 0) is 55.3 Å². The van der Waals surface area contributed by atoms with Gasteiger partial charge in [0.2, 0.25) is 11.2 Å². The van der Waals surface area contributed by atoms with Gasteiger partial charge >= 0.3 is 0 Å². The summed E-state index contributed by atoms with van der Waals surface area (Å²) in [6, 6.07) is 5.19. The zero-order valence-electron chi connectivity index (χ0n) is 20.6. The number of hydrogen-bond donors (Lipinski definition) is 4. The molecule has 2 heterocycles. The minimum Gasteiger partial charge on any atom is -0.593 e. The Bertz CT molecular complexity index is 1150. The first-order valence-electron chi connectivity index (χ1n) is 12.4. The summed E-state index contributed by atoms with van der Waals surface area (Å²) in [5.41, 5.74) is 13.4. The third-order valence-corrected chi connectivity index (χ3v) is 9.24. The highest BCUT2D eigenvalue weighted by Gasteiger charge is 2.55. The molecule has 5 rings (SSSR count). The summed E-state index contributed by atoms with van der Waals surface area (Å²) in [6.07, 6.45) is 2.54. The first kappa shape index (κ1) is 26.2. The van der Waals surface area contributed by atoms with Crippen LogP contribution in [0.4, 0.5) is 21.6 Å². The van der Waals surface area contributed by atoms with E-state index in [1.807, 2.05) is 12.1 Å². The number of carbonyl (C=O) groups is 1. The third-order valence-electron chi connectivity index (χ3n) is 7.96. The number of fused-ring (bicyclic) bond motifs is 2. The zero-order chi connectivity index (χ0) is 26.3. The number of nitrogens with zero attached hydrogens (tertiary/aromatic N) is 4. The van der Waals surface area contributed by atoms with Gasteiger partial charge in [0, 0.05) is 62.3 Å². The molecule has 1 amide bonds. The van der Waals surface area contributed by atoms with Crippen molar-refractivity contribution >= 4 is 46.1 Å². The van der Waals surface area contributed by atoms with E-state index in [-0.39, 0.29) is 28.9 Å². The summed E-state index contributed by atoms with van der Waals surface area (Å²) < 4.78 is 30.7. The molecule has 6 N–H and O–H groups in total. The quantitative estimate of drug-likeness (QED) is 0.218. The van der Waals surface area contributed by atoms with Gasteiger partial charge in [-0.15, -0.1) is 4.72 Å². The first-order chi connectivity index (χ1) is 17.7. The van der Waals surface area contributed by atoms with Crippen LogP contribution in [-0.4, -0.2) is 71.1 Å². The molecule has 1 aromatic carbocycles. The van der Waals surface area contributed by atoms with Crippen molar-refractivity contribution in [2.75, 3.05) is 55.7 Å². The van der Waals surface area contributed by atoms with E-state index in [0.717, 1.165) is 50.9 Å². The number of primary amides is 1. The number of piperazine rings is 1. The lowest BCUT2D eigenvalue weighted by Crippen LogP contribution is -2.47. The molecule has 6 unspecified atom stereocenters. The van der Waals surface area contributed by atoms with Crippen molar-refractivity contribution in [1.29, 1.82) is 0 Å². The van der Waals surface area contributed by atoms with Gasteiger partial charge in [-0.2, -0.15) is 4.98 Å².